The van der Waals surface area contributed by atoms with Gasteiger partial charge in [-0.3, -0.25) is 4.79 Å². The van der Waals surface area contributed by atoms with Gasteiger partial charge in [0.05, 0.1) is 12.8 Å². The number of nitrogens with one attached hydrogen (secondary N) is 2. The van der Waals surface area contributed by atoms with Gasteiger partial charge < -0.3 is 25.9 Å². The highest BCUT2D eigenvalue weighted by molar-refractivity contribution is 5.83. The highest BCUT2D eigenvalue weighted by atomic mass is 16.5. The van der Waals surface area contributed by atoms with Crippen LogP contribution in [0.5, 0.6) is 5.75 Å². The van der Waals surface area contributed by atoms with Crippen LogP contribution < -0.4 is 21.2 Å². The molecular formula is C14H20N4O3. The van der Waals surface area contributed by atoms with Crippen LogP contribution in [0.25, 0.3) is 5.70 Å². The van der Waals surface area contributed by atoms with Gasteiger partial charge >= 0.3 is 5.97 Å². The standard InChI is InChI=1S/C14H20N4O3/c1-16-7-8-4-9(13(21-3)5-10(8)15)12-6-11(14(19)20)17-18(12)2/h4-6,11,16-17H,7,15H2,1-3H3,(H,19,20). The Balaban J connectivity index is 2.49. The molecule has 1 aliphatic heterocycles. The van der Waals surface area contributed by atoms with Gasteiger partial charge in [0.1, 0.15) is 11.8 Å². The van der Waals surface area contributed by atoms with Gasteiger partial charge in [0, 0.05) is 30.9 Å². The Bertz CT molecular complexity index is 586. The number of carbonyl (C=O) groups is 1. The summed E-state index contributed by atoms with van der Waals surface area (Å²) >= 11 is 0. The minimum Gasteiger partial charge on any atom is -0.496 e. The number of hydrazine groups is 1. The molecule has 0 fully saturated rings. The van der Waals surface area contributed by atoms with Crippen molar-refractivity contribution in [2.24, 2.45) is 0 Å². The number of carboxylic acid groups (broad SMARTS) is 1. The summed E-state index contributed by atoms with van der Waals surface area (Å²) in [4.78, 5) is 11.1. The quantitative estimate of drug-likeness (QED) is 0.577. The molecule has 5 N–H and O–H groups in total. The number of nitrogens with two attached hydrogens (primary N) is 1. The molecule has 0 spiro atoms. The predicted molar refractivity (Wildman–Crippen MR) is 80.5 cm³/mol. The Kier molecular flexibility index (Phi) is 4.35. The Hall–Kier alpha value is -2.25. The molecule has 7 nitrogen and oxygen atoms in total. The van der Waals surface area contributed by atoms with Crippen LogP contribution in [0.4, 0.5) is 5.69 Å². The lowest BCUT2D eigenvalue weighted by Crippen LogP contribution is -2.38. The number of hydrogen-bond acceptors (Lipinski definition) is 6. The van der Waals surface area contributed by atoms with E-state index in [2.05, 4.69) is 10.7 Å². The van der Waals surface area contributed by atoms with Crippen molar-refractivity contribution >= 4 is 17.4 Å². The van der Waals surface area contributed by atoms with Gasteiger partial charge in [-0.05, 0) is 24.8 Å². The number of anilines is 1. The zero-order valence-electron chi connectivity index (χ0n) is 12.3. The second-order valence-corrected chi connectivity index (χ2v) is 4.84. The van der Waals surface area contributed by atoms with E-state index >= 15 is 0 Å². The monoisotopic (exact) mass is 292 g/mol. The molecule has 1 aromatic carbocycles. The van der Waals surface area contributed by atoms with Gasteiger partial charge in [0.25, 0.3) is 0 Å². The van der Waals surface area contributed by atoms with E-state index < -0.39 is 12.0 Å². The maximum Gasteiger partial charge on any atom is 0.326 e. The van der Waals surface area contributed by atoms with Crippen molar-refractivity contribution in [1.29, 1.82) is 0 Å². The zero-order chi connectivity index (χ0) is 15.6. The molecule has 1 unspecified atom stereocenters. The summed E-state index contributed by atoms with van der Waals surface area (Å²) in [5.41, 5.74) is 12.0. The van der Waals surface area contributed by atoms with Gasteiger partial charge in [-0.15, -0.1) is 0 Å². The lowest BCUT2D eigenvalue weighted by atomic mass is 10.0. The van der Waals surface area contributed by atoms with Crippen molar-refractivity contribution in [3.8, 4) is 5.75 Å². The third kappa shape index (κ3) is 2.93. The van der Waals surface area contributed by atoms with Crippen molar-refractivity contribution in [1.82, 2.24) is 15.8 Å². The number of nitrogen functional groups attached to an aromatic ring is 1. The van der Waals surface area contributed by atoms with E-state index in [-0.39, 0.29) is 0 Å². The number of benzene rings is 1. The van der Waals surface area contributed by atoms with E-state index in [1.165, 1.54) is 0 Å². The molecule has 0 saturated carbocycles. The lowest BCUT2D eigenvalue weighted by molar-refractivity contribution is -0.138. The molecule has 0 saturated heterocycles. The van der Waals surface area contributed by atoms with E-state index in [0.29, 0.717) is 18.0 Å². The topological polar surface area (TPSA) is 99.8 Å². The maximum atomic E-state index is 11.1. The predicted octanol–water partition coefficient (Wildman–Crippen LogP) is 0.241. The van der Waals surface area contributed by atoms with Crippen LogP contribution in [0.15, 0.2) is 18.2 Å². The first kappa shape index (κ1) is 15.1. The van der Waals surface area contributed by atoms with E-state index in [4.69, 9.17) is 15.6 Å². The average Bonchev–Trinajstić information content (AvgIpc) is 2.83. The maximum absolute atomic E-state index is 11.1. The Morgan fingerprint density at radius 2 is 2.29 bits per heavy atom. The summed E-state index contributed by atoms with van der Waals surface area (Å²) in [6.45, 7) is 0.621. The number of aliphatic carboxylic acids is 1. The molecule has 0 aliphatic carbocycles. The Labute approximate surface area is 123 Å². The summed E-state index contributed by atoms with van der Waals surface area (Å²) in [6, 6.07) is 2.92. The third-order valence-electron chi connectivity index (χ3n) is 3.39. The molecule has 0 radical (unpaired) electrons. The molecule has 7 heteroatoms. The van der Waals surface area contributed by atoms with Crippen LogP contribution in [0.3, 0.4) is 0 Å². The molecule has 0 aromatic heterocycles. The second-order valence-electron chi connectivity index (χ2n) is 4.84. The van der Waals surface area contributed by atoms with Gasteiger partial charge in [-0.2, -0.15) is 0 Å². The Morgan fingerprint density at radius 1 is 1.57 bits per heavy atom. The summed E-state index contributed by atoms with van der Waals surface area (Å²) in [5, 5.41) is 13.8. The van der Waals surface area contributed by atoms with Crippen LogP contribution in [0, 0.1) is 0 Å². The Morgan fingerprint density at radius 3 is 2.81 bits per heavy atom. The van der Waals surface area contributed by atoms with Crippen LogP contribution in [-0.4, -0.2) is 43.3 Å². The molecule has 1 atom stereocenters. The van der Waals surface area contributed by atoms with Crippen molar-refractivity contribution in [3.05, 3.63) is 29.3 Å². The summed E-state index contributed by atoms with van der Waals surface area (Å²) in [5.74, 6) is -0.319. The highest BCUT2D eigenvalue weighted by Crippen LogP contribution is 2.33. The molecular weight excluding hydrogens is 272 g/mol. The minimum atomic E-state index is -0.929. The first-order valence-electron chi connectivity index (χ1n) is 6.53. The fourth-order valence-electron chi connectivity index (χ4n) is 2.34. The van der Waals surface area contributed by atoms with Gasteiger partial charge in [-0.1, -0.05) is 0 Å². The van der Waals surface area contributed by atoms with Gasteiger partial charge in [0.2, 0.25) is 0 Å². The molecule has 21 heavy (non-hydrogen) atoms. The summed E-state index contributed by atoms with van der Waals surface area (Å²) in [7, 11) is 5.17. The SMILES string of the molecule is CNCc1cc(C2=CC(C(=O)O)NN2C)c(OC)cc1N. The largest absolute Gasteiger partial charge is 0.496 e. The normalized spacial score (nSPS) is 17.8. The average molecular weight is 292 g/mol. The lowest BCUT2D eigenvalue weighted by Gasteiger charge is -2.20. The fraction of sp³-hybridized carbons (Fsp3) is 0.357. The van der Waals surface area contributed by atoms with E-state index in [9.17, 15) is 4.79 Å². The molecule has 0 bridgehead atoms. The van der Waals surface area contributed by atoms with E-state index in [0.717, 1.165) is 16.8 Å². The smallest absolute Gasteiger partial charge is 0.326 e. The first-order valence-corrected chi connectivity index (χ1v) is 6.53. The molecule has 1 aromatic rings. The first-order chi connectivity index (χ1) is 9.97. The van der Waals surface area contributed by atoms with Crippen LogP contribution >= 0.6 is 0 Å². The summed E-state index contributed by atoms with van der Waals surface area (Å²) in [6.07, 6.45) is 1.65. The van der Waals surface area contributed by atoms with Crippen LogP contribution in [0.1, 0.15) is 11.1 Å². The summed E-state index contributed by atoms with van der Waals surface area (Å²) < 4.78 is 5.37. The van der Waals surface area contributed by atoms with Crippen molar-refractivity contribution in [2.75, 3.05) is 26.9 Å². The zero-order valence-corrected chi connectivity index (χ0v) is 12.3. The molecule has 114 valence electrons. The fourth-order valence-corrected chi connectivity index (χ4v) is 2.34. The molecule has 0 amide bonds. The minimum absolute atomic E-state index is 0.610. The third-order valence-corrected chi connectivity index (χ3v) is 3.39. The molecule has 2 rings (SSSR count). The van der Waals surface area contributed by atoms with Crippen molar-refractivity contribution in [2.45, 2.75) is 12.6 Å². The number of carboxylic acids is 1. The second kappa shape index (κ2) is 6.02. The molecule has 1 heterocycles. The van der Waals surface area contributed by atoms with Crippen LogP contribution in [0.2, 0.25) is 0 Å². The van der Waals surface area contributed by atoms with E-state index in [1.807, 2.05) is 13.1 Å². The van der Waals surface area contributed by atoms with Crippen molar-refractivity contribution < 1.29 is 14.6 Å². The van der Waals surface area contributed by atoms with Crippen molar-refractivity contribution in [3.63, 3.8) is 0 Å². The number of ether oxygens (including phenoxy) is 1. The van der Waals surface area contributed by atoms with Gasteiger partial charge in [-0.25, -0.2) is 5.43 Å². The van der Waals surface area contributed by atoms with Crippen LogP contribution in [-0.2, 0) is 11.3 Å². The number of nitrogens with zero attached hydrogens (tertiary/aromatic N) is 1. The highest BCUT2D eigenvalue weighted by Gasteiger charge is 2.28. The van der Waals surface area contributed by atoms with E-state index in [1.54, 1.807) is 31.3 Å². The molecule has 1 aliphatic rings. The number of rotatable bonds is 5. The number of hydrogen-bond donors (Lipinski definition) is 4. The van der Waals surface area contributed by atoms with Gasteiger partial charge in [0.15, 0.2) is 0 Å². The number of methoxy groups -OCH3 is 1.